The minimum absolute atomic E-state index is 0.158. The summed E-state index contributed by atoms with van der Waals surface area (Å²) in [5.74, 6) is 0. The van der Waals surface area contributed by atoms with E-state index in [0.717, 1.165) is 6.42 Å². The maximum Gasteiger partial charge on any atom is 0.390 e. The van der Waals surface area contributed by atoms with E-state index < -0.39 is 25.2 Å². The van der Waals surface area contributed by atoms with Crippen LogP contribution in [0.15, 0.2) is 0 Å². The quantitative estimate of drug-likeness (QED) is 0.535. The summed E-state index contributed by atoms with van der Waals surface area (Å²) in [4.78, 5) is 0. The number of rotatable bonds is 6. The van der Waals surface area contributed by atoms with Crippen LogP contribution in [0.5, 0.6) is 0 Å². The summed E-state index contributed by atoms with van der Waals surface area (Å²) in [6.45, 7) is 17.7. The molecule has 110 valence electrons. The number of hydrogen-bond acceptors (Lipinski definition) is 2. The number of nitrogens with zero attached hydrogens (tertiary/aromatic N) is 2. The van der Waals surface area contributed by atoms with Gasteiger partial charge in [0.2, 0.25) is 0 Å². The standard InChI is InChI=1S/C12H33FN2Si3/c1-11-12(2)18(13,14(3)16(5,6)7)15(4)17(8,9)10/h12H,11H2,1-10H3. The van der Waals surface area contributed by atoms with E-state index in [1.54, 1.807) is 0 Å². The SMILES string of the molecule is CCC(C)[Si](F)(N(C)[Si](C)(C)C)N(C)[Si](C)(C)C. The first kappa shape index (κ1) is 18.5. The molecule has 0 radical (unpaired) electrons. The Morgan fingerprint density at radius 2 is 1.17 bits per heavy atom. The van der Waals surface area contributed by atoms with Gasteiger partial charge in [0.1, 0.15) is 16.5 Å². The van der Waals surface area contributed by atoms with Crippen LogP contribution in [0.3, 0.4) is 0 Å². The van der Waals surface area contributed by atoms with Gasteiger partial charge in [-0.15, -0.1) is 0 Å². The first-order chi connectivity index (χ1) is 7.79. The average Bonchev–Trinajstić information content (AvgIpc) is 2.22. The molecule has 0 spiro atoms. The zero-order valence-corrected chi connectivity index (χ0v) is 17.1. The van der Waals surface area contributed by atoms with Gasteiger partial charge >= 0.3 is 8.73 Å². The summed E-state index contributed by atoms with van der Waals surface area (Å²) in [7, 11) is -2.21. The third-order valence-electron chi connectivity index (χ3n) is 4.19. The summed E-state index contributed by atoms with van der Waals surface area (Å²) < 4.78 is 20.4. The topological polar surface area (TPSA) is 6.48 Å². The van der Waals surface area contributed by atoms with Crippen LogP contribution < -0.4 is 0 Å². The molecule has 18 heavy (non-hydrogen) atoms. The Balaban J connectivity index is 5.60. The normalized spacial score (nSPS) is 16.5. The molecule has 1 atom stereocenters. The van der Waals surface area contributed by atoms with Crippen molar-refractivity contribution in [1.29, 1.82) is 0 Å². The van der Waals surface area contributed by atoms with Gasteiger partial charge in [0.25, 0.3) is 0 Å². The zero-order chi connectivity index (χ0) is 14.9. The van der Waals surface area contributed by atoms with E-state index in [-0.39, 0.29) is 5.54 Å². The lowest BCUT2D eigenvalue weighted by Gasteiger charge is -2.51. The van der Waals surface area contributed by atoms with Gasteiger partial charge in [-0.25, -0.2) is 0 Å². The summed E-state index contributed by atoms with van der Waals surface area (Å²) in [5, 5.41) is 0. The van der Waals surface area contributed by atoms with Crippen molar-refractivity contribution in [3.63, 3.8) is 0 Å². The molecule has 0 saturated heterocycles. The molecule has 0 aromatic rings. The van der Waals surface area contributed by atoms with Crippen molar-refractivity contribution in [1.82, 2.24) is 8.46 Å². The minimum atomic E-state index is -3.04. The molecule has 0 aliphatic carbocycles. The van der Waals surface area contributed by atoms with Crippen LogP contribution in [0.4, 0.5) is 4.11 Å². The molecule has 0 heterocycles. The Morgan fingerprint density at radius 1 is 0.889 bits per heavy atom. The molecule has 0 fully saturated rings. The minimum Gasteiger partial charge on any atom is -0.311 e. The van der Waals surface area contributed by atoms with Crippen molar-refractivity contribution in [2.45, 2.75) is 65.1 Å². The molecule has 0 bridgehead atoms. The molecule has 0 aromatic heterocycles. The fraction of sp³-hybridized carbons (Fsp3) is 1.00. The third-order valence-corrected chi connectivity index (χ3v) is 17.7. The second kappa shape index (κ2) is 5.87. The molecule has 0 rings (SSSR count). The summed E-state index contributed by atoms with van der Waals surface area (Å²) in [5.41, 5.74) is 0.158. The second-order valence-electron chi connectivity index (χ2n) is 7.41. The monoisotopic (exact) mass is 308 g/mol. The smallest absolute Gasteiger partial charge is 0.311 e. The van der Waals surface area contributed by atoms with Gasteiger partial charge in [-0.2, -0.15) is 0 Å². The Kier molecular flexibility index (Phi) is 6.03. The van der Waals surface area contributed by atoms with E-state index in [1.165, 1.54) is 0 Å². The Hall–Kier alpha value is 0.501. The molecule has 0 saturated carbocycles. The lowest BCUT2D eigenvalue weighted by molar-refractivity contribution is 0.456. The molecule has 0 amide bonds. The van der Waals surface area contributed by atoms with Crippen molar-refractivity contribution in [2.75, 3.05) is 14.1 Å². The molecular weight excluding hydrogens is 275 g/mol. The van der Waals surface area contributed by atoms with Crippen LogP contribution in [0.1, 0.15) is 20.3 Å². The van der Waals surface area contributed by atoms with Gasteiger partial charge in [-0.3, -0.25) is 4.11 Å². The van der Waals surface area contributed by atoms with E-state index in [4.69, 9.17) is 0 Å². The van der Waals surface area contributed by atoms with Crippen molar-refractivity contribution in [2.24, 2.45) is 0 Å². The molecule has 2 nitrogen and oxygen atoms in total. The van der Waals surface area contributed by atoms with Crippen LogP contribution in [0, 0.1) is 0 Å². The molecule has 0 aromatic carbocycles. The summed E-state index contributed by atoms with van der Waals surface area (Å²) in [6.07, 6.45) is 0.923. The van der Waals surface area contributed by atoms with E-state index in [0.29, 0.717) is 0 Å². The third kappa shape index (κ3) is 3.75. The highest BCUT2D eigenvalue weighted by molar-refractivity contribution is 6.94. The first-order valence-corrected chi connectivity index (χ1v) is 15.7. The maximum absolute atomic E-state index is 16.0. The first-order valence-electron chi connectivity index (χ1n) is 6.96. The van der Waals surface area contributed by atoms with Crippen molar-refractivity contribution in [3.8, 4) is 0 Å². The predicted octanol–water partition coefficient (Wildman–Crippen LogP) is 4.23. The van der Waals surface area contributed by atoms with Gasteiger partial charge in [0.15, 0.2) is 0 Å². The maximum atomic E-state index is 16.0. The van der Waals surface area contributed by atoms with Gasteiger partial charge in [0.05, 0.1) is 0 Å². The van der Waals surface area contributed by atoms with Crippen LogP contribution in [-0.2, 0) is 0 Å². The van der Waals surface area contributed by atoms with Crippen molar-refractivity contribution >= 4 is 25.2 Å². The van der Waals surface area contributed by atoms with Crippen molar-refractivity contribution in [3.05, 3.63) is 0 Å². The molecular formula is C12H33FN2Si3. The largest absolute Gasteiger partial charge is 0.390 e. The fourth-order valence-electron chi connectivity index (χ4n) is 2.09. The highest BCUT2D eigenvalue weighted by Gasteiger charge is 2.55. The number of halogens is 1. The molecule has 0 aliphatic rings. The van der Waals surface area contributed by atoms with Crippen LogP contribution in [0.2, 0.25) is 44.8 Å². The van der Waals surface area contributed by atoms with Crippen LogP contribution in [-0.4, -0.2) is 47.8 Å². The van der Waals surface area contributed by atoms with E-state index >= 15 is 4.11 Å². The Bertz CT molecular complexity index is 253. The van der Waals surface area contributed by atoms with E-state index in [1.807, 2.05) is 14.1 Å². The molecule has 1 unspecified atom stereocenters. The second-order valence-corrected chi connectivity index (χ2v) is 21.9. The van der Waals surface area contributed by atoms with Gasteiger partial charge < -0.3 is 8.46 Å². The molecule has 6 heteroatoms. The van der Waals surface area contributed by atoms with E-state index in [9.17, 15) is 0 Å². The van der Waals surface area contributed by atoms with Gasteiger partial charge in [0, 0.05) is 5.54 Å². The van der Waals surface area contributed by atoms with Gasteiger partial charge in [-0.1, -0.05) is 59.6 Å². The summed E-state index contributed by atoms with van der Waals surface area (Å²) in [6, 6.07) is 0. The summed E-state index contributed by atoms with van der Waals surface area (Å²) >= 11 is 0. The highest BCUT2D eigenvalue weighted by Crippen LogP contribution is 2.36. The van der Waals surface area contributed by atoms with Crippen LogP contribution in [0.25, 0.3) is 0 Å². The highest BCUT2D eigenvalue weighted by atomic mass is 28.5. The van der Waals surface area contributed by atoms with E-state index in [2.05, 4.69) is 61.6 Å². The molecule has 0 N–H and O–H groups in total. The van der Waals surface area contributed by atoms with Gasteiger partial charge in [-0.05, 0) is 14.1 Å². The predicted molar refractivity (Wildman–Crippen MR) is 88.8 cm³/mol. The Labute approximate surface area is 117 Å². The van der Waals surface area contributed by atoms with Crippen molar-refractivity contribution < 1.29 is 4.11 Å². The lowest BCUT2D eigenvalue weighted by Crippen LogP contribution is -2.73. The fourth-order valence-corrected chi connectivity index (χ4v) is 14.4. The zero-order valence-electron chi connectivity index (χ0n) is 14.1. The van der Waals surface area contributed by atoms with Crippen LogP contribution >= 0.6 is 0 Å². The lowest BCUT2D eigenvalue weighted by atomic mass is 10.4. The molecule has 0 aliphatic heterocycles. The average molecular weight is 309 g/mol. The Morgan fingerprint density at radius 3 is 1.33 bits per heavy atom. The number of hydrogen-bond donors (Lipinski definition) is 0.